The first-order chi connectivity index (χ1) is 12.6. The summed E-state index contributed by atoms with van der Waals surface area (Å²) in [5.41, 5.74) is 0.988. The minimum Gasteiger partial charge on any atom is -0.379 e. The molecule has 1 unspecified atom stereocenters. The second-order valence-corrected chi connectivity index (χ2v) is 6.99. The molecule has 0 saturated carbocycles. The van der Waals surface area contributed by atoms with Crippen LogP contribution >= 0.6 is 0 Å². The molecule has 1 saturated heterocycles. The fraction of sp³-hybridized carbons (Fsp3) is 0.650. The lowest BCUT2D eigenvalue weighted by Gasteiger charge is -2.36. The van der Waals surface area contributed by atoms with Crippen molar-refractivity contribution in [2.24, 2.45) is 10.9 Å². The molecule has 6 heteroatoms. The summed E-state index contributed by atoms with van der Waals surface area (Å²) >= 11 is 0. The second-order valence-electron chi connectivity index (χ2n) is 6.99. The predicted molar refractivity (Wildman–Crippen MR) is 105 cm³/mol. The number of rotatable bonds is 8. The number of aliphatic imine (C=N–C) groups is 1. The summed E-state index contributed by atoms with van der Waals surface area (Å²) < 4.78 is 18.7. The number of ether oxygens (including phenoxy) is 1. The summed E-state index contributed by atoms with van der Waals surface area (Å²) in [5.74, 6) is 1.17. The van der Waals surface area contributed by atoms with E-state index in [2.05, 4.69) is 36.3 Å². The lowest BCUT2D eigenvalue weighted by atomic mass is 10.0. The van der Waals surface area contributed by atoms with Gasteiger partial charge in [-0.05, 0) is 37.0 Å². The quantitative estimate of drug-likeness (QED) is 0.549. The molecule has 2 N–H and O–H groups in total. The van der Waals surface area contributed by atoms with Crippen LogP contribution in [0, 0.1) is 11.7 Å². The van der Waals surface area contributed by atoms with Gasteiger partial charge < -0.3 is 15.4 Å². The van der Waals surface area contributed by atoms with E-state index < -0.39 is 0 Å². The molecule has 0 aromatic heterocycles. The number of nitrogens with zero attached hydrogens (tertiary/aromatic N) is 2. The smallest absolute Gasteiger partial charge is 0.191 e. The minimum atomic E-state index is -0.187. The molecule has 1 aliphatic rings. The molecule has 0 aliphatic carbocycles. The molecule has 1 heterocycles. The van der Waals surface area contributed by atoms with E-state index in [1.165, 1.54) is 6.07 Å². The molecule has 0 spiro atoms. The fourth-order valence-corrected chi connectivity index (χ4v) is 3.20. The standard InChI is InChI=1S/C20H33FN4O/c1-4-22-20(23-9-8-17-6-5-7-18(21)14-17)24-15-19(16(2)3)25-10-12-26-13-11-25/h5-7,14,16,19H,4,8-13,15H2,1-3H3,(H2,22,23,24). The van der Waals surface area contributed by atoms with E-state index in [9.17, 15) is 4.39 Å². The maximum Gasteiger partial charge on any atom is 0.191 e. The van der Waals surface area contributed by atoms with Gasteiger partial charge in [0.15, 0.2) is 5.96 Å². The van der Waals surface area contributed by atoms with Crippen molar-refractivity contribution in [3.05, 3.63) is 35.6 Å². The van der Waals surface area contributed by atoms with Crippen LogP contribution in [0.5, 0.6) is 0 Å². The van der Waals surface area contributed by atoms with Crippen LogP contribution in [0.3, 0.4) is 0 Å². The van der Waals surface area contributed by atoms with Gasteiger partial charge in [-0.1, -0.05) is 26.0 Å². The third-order valence-corrected chi connectivity index (χ3v) is 4.66. The number of benzene rings is 1. The Morgan fingerprint density at radius 2 is 2.04 bits per heavy atom. The van der Waals surface area contributed by atoms with E-state index in [-0.39, 0.29) is 5.82 Å². The lowest BCUT2D eigenvalue weighted by Crippen LogP contribution is -2.48. The summed E-state index contributed by atoms with van der Waals surface area (Å²) in [6, 6.07) is 7.17. The number of nitrogens with one attached hydrogen (secondary N) is 2. The Morgan fingerprint density at radius 1 is 1.27 bits per heavy atom. The second kappa shape index (κ2) is 11.1. The maximum absolute atomic E-state index is 13.3. The van der Waals surface area contributed by atoms with Gasteiger partial charge >= 0.3 is 0 Å². The van der Waals surface area contributed by atoms with Crippen molar-refractivity contribution in [3.63, 3.8) is 0 Å². The summed E-state index contributed by atoms with van der Waals surface area (Å²) in [7, 11) is 0. The highest BCUT2D eigenvalue weighted by molar-refractivity contribution is 5.79. The number of hydrogen-bond donors (Lipinski definition) is 2. The van der Waals surface area contributed by atoms with Crippen LogP contribution in [-0.2, 0) is 11.2 Å². The van der Waals surface area contributed by atoms with Crippen molar-refractivity contribution in [1.82, 2.24) is 15.5 Å². The van der Waals surface area contributed by atoms with E-state index in [1.54, 1.807) is 12.1 Å². The third kappa shape index (κ3) is 6.92. The van der Waals surface area contributed by atoms with Gasteiger partial charge in [0.1, 0.15) is 5.82 Å². The average molecular weight is 365 g/mol. The molecular weight excluding hydrogens is 331 g/mol. The first-order valence-corrected chi connectivity index (χ1v) is 9.68. The lowest BCUT2D eigenvalue weighted by molar-refractivity contribution is 0.00867. The molecule has 0 radical (unpaired) electrons. The van der Waals surface area contributed by atoms with E-state index in [4.69, 9.17) is 9.73 Å². The Kier molecular flexibility index (Phi) is 8.85. The normalized spacial score (nSPS) is 17.3. The number of halogens is 1. The molecule has 1 aromatic carbocycles. The van der Waals surface area contributed by atoms with Gasteiger partial charge in [0.2, 0.25) is 0 Å². The van der Waals surface area contributed by atoms with Crippen LogP contribution in [0.4, 0.5) is 4.39 Å². The van der Waals surface area contributed by atoms with Crippen LogP contribution < -0.4 is 10.6 Å². The van der Waals surface area contributed by atoms with Crippen molar-refractivity contribution in [2.45, 2.75) is 33.2 Å². The summed E-state index contributed by atoms with van der Waals surface area (Å²) in [6.45, 7) is 12.4. The van der Waals surface area contributed by atoms with Crippen LogP contribution in [0.25, 0.3) is 0 Å². The van der Waals surface area contributed by atoms with Gasteiger partial charge in [-0.3, -0.25) is 9.89 Å². The fourth-order valence-electron chi connectivity index (χ4n) is 3.20. The molecule has 1 aromatic rings. The molecular formula is C20H33FN4O. The van der Waals surface area contributed by atoms with Crippen LogP contribution in [0.1, 0.15) is 26.3 Å². The van der Waals surface area contributed by atoms with Crippen molar-refractivity contribution < 1.29 is 9.13 Å². The highest BCUT2D eigenvalue weighted by Crippen LogP contribution is 2.13. The highest BCUT2D eigenvalue weighted by atomic mass is 19.1. The number of morpholine rings is 1. The summed E-state index contributed by atoms with van der Waals surface area (Å²) in [5, 5.41) is 6.66. The van der Waals surface area contributed by atoms with Crippen molar-refractivity contribution in [2.75, 3.05) is 45.9 Å². The first-order valence-electron chi connectivity index (χ1n) is 9.68. The Balaban J connectivity index is 1.89. The molecule has 1 aliphatic heterocycles. The average Bonchev–Trinajstić information content (AvgIpc) is 2.62. The SMILES string of the molecule is CCNC(=NCC(C(C)C)N1CCOCC1)NCCc1cccc(F)c1. The van der Waals surface area contributed by atoms with Gasteiger partial charge in [0.05, 0.1) is 19.8 Å². The highest BCUT2D eigenvalue weighted by Gasteiger charge is 2.23. The van der Waals surface area contributed by atoms with E-state index in [1.807, 2.05) is 6.07 Å². The molecule has 0 amide bonds. The van der Waals surface area contributed by atoms with Crippen LogP contribution in [-0.4, -0.2) is 62.8 Å². The van der Waals surface area contributed by atoms with Crippen LogP contribution in [0.2, 0.25) is 0 Å². The Morgan fingerprint density at radius 3 is 2.69 bits per heavy atom. The zero-order chi connectivity index (χ0) is 18.8. The van der Waals surface area contributed by atoms with E-state index >= 15 is 0 Å². The molecule has 5 nitrogen and oxygen atoms in total. The monoisotopic (exact) mass is 364 g/mol. The van der Waals surface area contributed by atoms with E-state index in [0.717, 1.165) is 63.9 Å². The molecule has 2 rings (SSSR count). The van der Waals surface area contributed by atoms with Gasteiger partial charge in [-0.15, -0.1) is 0 Å². The van der Waals surface area contributed by atoms with Crippen LogP contribution in [0.15, 0.2) is 29.3 Å². The summed E-state index contributed by atoms with van der Waals surface area (Å²) in [6.07, 6.45) is 0.763. The topological polar surface area (TPSA) is 48.9 Å². The maximum atomic E-state index is 13.3. The number of hydrogen-bond acceptors (Lipinski definition) is 3. The summed E-state index contributed by atoms with van der Waals surface area (Å²) in [4.78, 5) is 7.28. The predicted octanol–water partition coefficient (Wildman–Crippen LogP) is 2.28. The van der Waals surface area contributed by atoms with E-state index in [0.29, 0.717) is 12.0 Å². The van der Waals surface area contributed by atoms with Gasteiger partial charge in [0, 0.05) is 32.2 Å². The molecule has 1 fully saturated rings. The molecule has 1 atom stereocenters. The van der Waals surface area contributed by atoms with Gasteiger partial charge in [-0.25, -0.2) is 4.39 Å². The van der Waals surface area contributed by atoms with Gasteiger partial charge in [-0.2, -0.15) is 0 Å². The zero-order valence-electron chi connectivity index (χ0n) is 16.3. The first kappa shape index (κ1) is 20.6. The number of guanidine groups is 1. The third-order valence-electron chi connectivity index (χ3n) is 4.66. The molecule has 0 bridgehead atoms. The Hall–Kier alpha value is -1.66. The molecule has 146 valence electrons. The Bertz CT molecular complexity index is 558. The zero-order valence-corrected chi connectivity index (χ0v) is 16.3. The Labute approximate surface area is 157 Å². The van der Waals surface area contributed by atoms with Crippen molar-refractivity contribution in [3.8, 4) is 0 Å². The van der Waals surface area contributed by atoms with Crippen molar-refractivity contribution >= 4 is 5.96 Å². The van der Waals surface area contributed by atoms with Gasteiger partial charge in [0.25, 0.3) is 0 Å². The van der Waals surface area contributed by atoms with Crippen molar-refractivity contribution in [1.29, 1.82) is 0 Å². The minimum absolute atomic E-state index is 0.187. The largest absolute Gasteiger partial charge is 0.379 e. The molecule has 26 heavy (non-hydrogen) atoms.